The number of halogens is 1. The van der Waals surface area contributed by atoms with Crippen LogP contribution in [-0.4, -0.2) is 48.8 Å². The maximum atomic E-state index is 12.1. The highest BCUT2D eigenvalue weighted by Crippen LogP contribution is 2.26. The molecule has 6 nitrogen and oxygen atoms in total. The third-order valence-electron chi connectivity index (χ3n) is 2.71. The van der Waals surface area contributed by atoms with Crippen LogP contribution in [0.4, 0.5) is 10.5 Å². The van der Waals surface area contributed by atoms with Gasteiger partial charge in [-0.1, -0.05) is 6.07 Å². The van der Waals surface area contributed by atoms with Gasteiger partial charge in [-0.05, 0) is 35.0 Å². The fourth-order valence-corrected chi connectivity index (χ4v) is 2.09. The van der Waals surface area contributed by atoms with Gasteiger partial charge in [0.2, 0.25) is 0 Å². The van der Waals surface area contributed by atoms with Crippen molar-refractivity contribution in [3.8, 4) is 0 Å². The van der Waals surface area contributed by atoms with Crippen molar-refractivity contribution in [3.63, 3.8) is 0 Å². The van der Waals surface area contributed by atoms with Gasteiger partial charge in [0.1, 0.15) is 0 Å². The first kappa shape index (κ1) is 16.5. The van der Waals surface area contributed by atoms with Crippen LogP contribution in [0, 0.1) is 0 Å². The second-order valence-electron chi connectivity index (χ2n) is 3.97. The Labute approximate surface area is 125 Å². The van der Waals surface area contributed by atoms with E-state index in [1.54, 1.807) is 19.2 Å². The first-order valence-electron chi connectivity index (χ1n) is 6.07. The van der Waals surface area contributed by atoms with Crippen LogP contribution >= 0.6 is 15.9 Å². The molecule has 0 heterocycles. The lowest BCUT2D eigenvalue weighted by Crippen LogP contribution is -2.37. The zero-order chi connectivity index (χ0) is 15.1. The van der Waals surface area contributed by atoms with E-state index in [0.29, 0.717) is 24.2 Å². The van der Waals surface area contributed by atoms with Gasteiger partial charge in [0.25, 0.3) is 0 Å². The number of carboxylic acid groups (broad SMARTS) is 1. The molecule has 0 fully saturated rings. The smallest absolute Gasteiger partial charge is 0.337 e. The van der Waals surface area contributed by atoms with Crippen LogP contribution in [0.25, 0.3) is 0 Å². The van der Waals surface area contributed by atoms with E-state index in [9.17, 15) is 9.59 Å². The number of carbonyl (C=O) groups excluding carboxylic acids is 1. The normalized spacial score (nSPS) is 10.2. The number of ether oxygens (including phenoxy) is 1. The van der Waals surface area contributed by atoms with Crippen LogP contribution in [0.2, 0.25) is 0 Å². The van der Waals surface area contributed by atoms with Crippen LogP contribution in [0.15, 0.2) is 22.7 Å². The Hall–Kier alpha value is -1.60. The van der Waals surface area contributed by atoms with E-state index in [2.05, 4.69) is 21.2 Å². The molecule has 0 aliphatic carbocycles. The fraction of sp³-hybridized carbons (Fsp3) is 0.385. The Bertz CT molecular complexity index is 493. The lowest BCUT2D eigenvalue weighted by Gasteiger charge is -2.22. The summed E-state index contributed by atoms with van der Waals surface area (Å²) in [6.45, 7) is 3.20. The third kappa shape index (κ3) is 4.21. The summed E-state index contributed by atoms with van der Waals surface area (Å²) in [5, 5.41) is 11.8. The average molecular weight is 345 g/mol. The number of anilines is 1. The fourth-order valence-electron chi connectivity index (χ4n) is 1.62. The molecule has 2 N–H and O–H groups in total. The van der Waals surface area contributed by atoms with E-state index in [1.807, 2.05) is 6.92 Å². The van der Waals surface area contributed by atoms with Crippen LogP contribution in [0.5, 0.6) is 0 Å². The number of nitrogens with zero attached hydrogens (tertiary/aromatic N) is 1. The van der Waals surface area contributed by atoms with Crippen molar-refractivity contribution in [1.82, 2.24) is 4.90 Å². The predicted octanol–water partition coefficient (Wildman–Crippen LogP) is 2.65. The van der Waals surface area contributed by atoms with Crippen molar-refractivity contribution in [2.24, 2.45) is 0 Å². The monoisotopic (exact) mass is 344 g/mol. The summed E-state index contributed by atoms with van der Waals surface area (Å²) in [6.07, 6.45) is 0. The molecule has 20 heavy (non-hydrogen) atoms. The summed E-state index contributed by atoms with van der Waals surface area (Å²) in [6, 6.07) is 4.35. The molecule has 0 aliphatic rings. The average Bonchev–Trinajstić information content (AvgIpc) is 2.41. The topological polar surface area (TPSA) is 78.9 Å². The Morgan fingerprint density at radius 3 is 2.70 bits per heavy atom. The summed E-state index contributed by atoms with van der Waals surface area (Å²) in [5.74, 6) is -1.10. The number of methoxy groups -OCH3 is 1. The number of hydrogen-bond acceptors (Lipinski definition) is 3. The molecule has 2 amide bonds. The Kier molecular flexibility index (Phi) is 6.47. The van der Waals surface area contributed by atoms with Gasteiger partial charge in [0, 0.05) is 24.7 Å². The van der Waals surface area contributed by atoms with E-state index >= 15 is 0 Å². The standard InChI is InChI=1S/C13H17BrN2O4/c1-3-16(7-8-20-2)13(19)15-11-9(12(17)18)5-4-6-10(11)14/h4-6H,3,7-8H2,1-2H3,(H,15,19)(H,17,18). The van der Waals surface area contributed by atoms with Crippen LogP contribution in [0.3, 0.4) is 0 Å². The maximum absolute atomic E-state index is 12.1. The second kappa shape index (κ2) is 7.86. The summed E-state index contributed by atoms with van der Waals surface area (Å²) >= 11 is 3.25. The van der Waals surface area contributed by atoms with Crippen molar-refractivity contribution in [1.29, 1.82) is 0 Å². The molecule has 0 saturated heterocycles. The molecule has 0 saturated carbocycles. The highest BCUT2D eigenvalue weighted by molar-refractivity contribution is 9.10. The highest BCUT2D eigenvalue weighted by Gasteiger charge is 2.18. The van der Waals surface area contributed by atoms with Gasteiger partial charge >= 0.3 is 12.0 Å². The number of para-hydroxylation sites is 1. The molecule has 0 aromatic heterocycles. The summed E-state index contributed by atoms with van der Waals surface area (Å²) in [4.78, 5) is 24.8. The van der Waals surface area contributed by atoms with Crippen LogP contribution in [0.1, 0.15) is 17.3 Å². The van der Waals surface area contributed by atoms with Gasteiger partial charge in [-0.3, -0.25) is 0 Å². The molecule has 1 aromatic rings. The highest BCUT2D eigenvalue weighted by atomic mass is 79.9. The predicted molar refractivity (Wildman–Crippen MR) is 79.2 cm³/mol. The van der Waals surface area contributed by atoms with Crippen molar-refractivity contribution < 1.29 is 19.4 Å². The van der Waals surface area contributed by atoms with Gasteiger partial charge < -0.3 is 20.1 Å². The number of carbonyl (C=O) groups is 2. The largest absolute Gasteiger partial charge is 0.478 e. The molecular weight excluding hydrogens is 328 g/mol. The molecule has 0 aliphatic heterocycles. The molecule has 110 valence electrons. The number of urea groups is 1. The summed E-state index contributed by atoms with van der Waals surface area (Å²) in [7, 11) is 1.56. The Morgan fingerprint density at radius 2 is 2.15 bits per heavy atom. The van der Waals surface area contributed by atoms with Crippen LogP contribution < -0.4 is 5.32 Å². The number of aromatic carboxylic acids is 1. The van der Waals surface area contributed by atoms with E-state index in [1.165, 1.54) is 11.0 Å². The van der Waals surface area contributed by atoms with Gasteiger partial charge in [0.05, 0.1) is 17.9 Å². The first-order chi connectivity index (χ1) is 9.51. The van der Waals surface area contributed by atoms with E-state index in [0.717, 1.165) is 0 Å². The van der Waals surface area contributed by atoms with Crippen molar-refractivity contribution in [2.75, 3.05) is 32.1 Å². The van der Waals surface area contributed by atoms with Gasteiger partial charge in [0.15, 0.2) is 0 Å². The molecule has 1 aromatic carbocycles. The van der Waals surface area contributed by atoms with E-state index < -0.39 is 5.97 Å². The quantitative estimate of drug-likeness (QED) is 0.831. The number of nitrogens with one attached hydrogen (secondary N) is 1. The van der Waals surface area contributed by atoms with Gasteiger partial charge in [-0.25, -0.2) is 9.59 Å². The van der Waals surface area contributed by atoms with Crippen LogP contribution in [-0.2, 0) is 4.74 Å². The minimum absolute atomic E-state index is 0.0375. The SMILES string of the molecule is CCN(CCOC)C(=O)Nc1c(Br)cccc1C(=O)O. The molecule has 0 atom stereocenters. The second-order valence-corrected chi connectivity index (χ2v) is 4.82. The number of carboxylic acids is 1. The van der Waals surface area contributed by atoms with Gasteiger partial charge in [-0.15, -0.1) is 0 Å². The number of rotatable bonds is 6. The molecule has 0 radical (unpaired) electrons. The molecule has 0 bridgehead atoms. The van der Waals surface area contributed by atoms with Crippen molar-refractivity contribution >= 4 is 33.6 Å². The van der Waals surface area contributed by atoms with Gasteiger partial charge in [-0.2, -0.15) is 0 Å². The summed E-state index contributed by atoms with van der Waals surface area (Å²) < 4.78 is 5.46. The lowest BCUT2D eigenvalue weighted by molar-refractivity contribution is 0.0698. The molecule has 7 heteroatoms. The third-order valence-corrected chi connectivity index (χ3v) is 3.37. The number of benzene rings is 1. The Balaban J connectivity index is 2.92. The zero-order valence-corrected chi connectivity index (χ0v) is 12.9. The zero-order valence-electron chi connectivity index (χ0n) is 11.4. The minimum atomic E-state index is -1.10. The van der Waals surface area contributed by atoms with E-state index in [4.69, 9.17) is 9.84 Å². The molecule has 0 unspecified atom stereocenters. The molecule has 1 rings (SSSR count). The summed E-state index contributed by atoms with van der Waals surface area (Å²) in [5.41, 5.74) is 0.288. The number of hydrogen-bond donors (Lipinski definition) is 2. The lowest BCUT2D eigenvalue weighted by atomic mass is 10.2. The Morgan fingerprint density at radius 1 is 1.45 bits per heavy atom. The maximum Gasteiger partial charge on any atom is 0.337 e. The number of amides is 2. The van der Waals surface area contributed by atoms with E-state index in [-0.39, 0.29) is 17.3 Å². The van der Waals surface area contributed by atoms with Crippen molar-refractivity contribution in [3.05, 3.63) is 28.2 Å². The molecular formula is C13H17BrN2O4. The van der Waals surface area contributed by atoms with Crippen molar-refractivity contribution in [2.45, 2.75) is 6.92 Å². The minimum Gasteiger partial charge on any atom is -0.478 e. The first-order valence-corrected chi connectivity index (χ1v) is 6.87. The number of likely N-dealkylation sites (N-methyl/N-ethyl adjacent to an activating group) is 1. The molecule has 0 spiro atoms.